The molecule has 1 rings (SSSR count). The van der Waals surface area contributed by atoms with Crippen molar-refractivity contribution in [1.29, 1.82) is 0 Å². The number of hydrogen-bond donors (Lipinski definition) is 0. The van der Waals surface area contributed by atoms with Gasteiger partial charge in [0, 0.05) is 4.47 Å². The Labute approximate surface area is 117 Å². The maximum Gasteiger partial charge on any atom is 0.181 e. The third-order valence-corrected chi connectivity index (χ3v) is 6.26. The number of halogens is 2. The summed E-state index contributed by atoms with van der Waals surface area (Å²) in [5.74, 6) is 0. The van der Waals surface area contributed by atoms with Gasteiger partial charge in [-0.3, -0.25) is 0 Å². The number of hydrogen-bond acceptors (Lipinski definition) is 2. The van der Waals surface area contributed by atoms with Crippen LogP contribution in [0.2, 0.25) is 5.02 Å². The van der Waals surface area contributed by atoms with Crippen LogP contribution in [0.1, 0.15) is 34.1 Å². The van der Waals surface area contributed by atoms with Crippen molar-refractivity contribution in [3.63, 3.8) is 0 Å². The Bertz CT molecular complexity index is 467. The van der Waals surface area contributed by atoms with Gasteiger partial charge in [-0.25, -0.2) is 8.42 Å². The van der Waals surface area contributed by atoms with Crippen LogP contribution in [0.25, 0.3) is 0 Å². The molecule has 0 unspecified atom stereocenters. The molecule has 1 aromatic rings. The number of benzene rings is 1. The normalized spacial score (nSPS) is 11.4. The van der Waals surface area contributed by atoms with Gasteiger partial charge in [-0.2, -0.15) is 0 Å². The van der Waals surface area contributed by atoms with Crippen molar-refractivity contribution in [1.82, 2.24) is 0 Å². The van der Waals surface area contributed by atoms with E-state index in [1.165, 1.54) is 6.07 Å². The first-order valence-corrected chi connectivity index (χ1v) is 7.84. The van der Waals surface area contributed by atoms with Crippen molar-refractivity contribution >= 4 is 37.4 Å². The van der Waals surface area contributed by atoms with E-state index in [1.807, 2.05) is 13.8 Å². The van der Waals surface area contributed by atoms with Crippen molar-refractivity contribution in [2.45, 2.75) is 44.3 Å². The van der Waals surface area contributed by atoms with Crippen molar-refractivity contribution in [3.8, 4) is 0 Å². The van der Waals surface area contributed by atoms with E-state index in [1.54, 1.807) is 12.1 Å². The van der Waals surface area contributed by atoms with Crippen molar-refractivity contribution in [3.05, 3.63) is 27.7 Å². The molecule has 1 aromatic carbocycles. The van der Waals surface area contributed by atoms with E-state index in [0.29, 0.717) is 27.2 Å². The van der Waals surface area contributed by atoms with E-state index in [0.717, 1.165) is 0 Å². The Hall–Kier alpha value is -0.0600. The number of rotatable bonds is 4. The molecule has 0 aliphatic heterocycles. The molecule has 0 saturated heterocycles. The average Bonchev–Trinajstić information content (AvgIpc) is 2.23. The maximum absolute atomic E-state index is 12.2. The van der Waals surface area contributed by atoms with Crippen LogP contribution < -0.4 is 0 Å². The van der Waals surface area contributed by atoms with Gasteiger partial charge in [0.05, 0.1) is 15.2 Å². The van der Waals surface area contributed by atoms with Gasteiger partial charge in [0.1, 0.15) is 0 Å². The fourth-order valence-electron chi connectivity index (χ4n) is 1.57. The lowest BCUT2D eigenvalue weighted by molar-refractivity contribution is 0.571. The zero-order valence-corrected chi connectivity index (χ0v) is 12.4. The molecule has 0 heterocycles. The van der Waals surface area contributed by atoms with E-state index in [2.05, 4.69) is 15.9 Å². The van der Waals surface area contributed by atoms with Crippen LogP contribution in [0.15, 0.2) is 27.6 Å². The second-order valence-corrected chi connectivity index (χ2v) is 7.05. The van der Waals surface area contributed by atoms with Crippen LogP contribution in [-0.4, -0.2) is 13.7 Å². The molecule has 0 bridgehead atoms. The van der Waals surface area contributed by atoms with Gasteiger partial charge in [-0.05, 0) is 47.0 Å². The Balaban J connectivity index is 0.00000256. The summed E-state index contributed by atoms with van der Waals surface area (Å²) in [7, 11) is -3.25. The molecule has 0 saturated carbocycles. The Kier molecular flexibility index (Phi) is 6.74. The van der Waals surface area contributed by atoms with E-state index in [-0.39, 0.29) is 12.7 Å². The van der Waals surface area contributed by atoms with E-state index in [9.17, 15) is 8.42 Å². The first kappa shape index (κ1) is 16.9. The predicted molar refractivity (Wildman–Crippen MR) is 77.4 cm³/mol. The van der Waals surface area contributed by atoms with E-state index < -0.39 is 9.84 Å². The molecule has 0 radical (unpaired) electrons. The van der Waals surface area contributed by atoms with Crippen molar-refractivity contribution < 1.29 is 8.42 Å². The van der Waals surface area contributed by atoms with Gasteiger partial charge in [-0.1, -0.05) is 32.9 Å². The quantitative estimate of drug-likeness (QED) is 0.795. The zero-order chi connectivity index (χ0) is 12.3. The first-order valence-electron chi connectivity index (χ1n) is 5.12. The highest BCUT2D eigenvalue weighted by atomic mass is 79.9. The van der Waals surface area contributed by atoms with E-state index >= 15 is 0 Å². The predicted octanol–water partition coefficient (Wildman–Crippen LogP) is 4.70. The summed E-state index contributed by atoms with van der Waals surface area (Å²) >= 11 is 9.14. The molecule has 0 fully saturated rings. The summed E-state index contributed by atoms with van der Waals surface area (Å²) in [6.45, 7) is 3.76. The monoisotopic (exact) mass is 340 g/mol. The highest BCUT2D eigenvalue weighted by Crippen LogP contribution is 2.28. The lowest BCUT2D eigenvalue weighted by Crippen LogP contribution is -2.19. The van der Waals surface area contributed by atoms with Crippen LogP contribution in [0.5, 0.6) is 0 Å². The summed E-state index contributed by atoms with van der Waals surface area (Å²) in [4.78, 5) is 0.300. The molecule has 0 amide bonds. The maximum atomic E-state index is 12.2. The molecule has 0 atom stereocenters. The summed E-state index contributed by atoms with van der Waals surface area (Å²) < 4.78 is 25.1. The lowest BCUT2D eigenvalue weighted by atomic mass is 10.3. The average molecular weight is 342 g/mol. The Morgan fingerprint density at radius 2 is 1.82 bits per heavy atom. The highest BCUT2D eigenvalue weighted by molar-refractivity contribution is 9.10. The van der Waals surface area contributed by atoms with Crippen LogP contribution in [-0.2, 0) is 9.84 Å². The Morgan fingerprint density at radius 3 is 2.24 bits per heavy atom. The topological polar surface area (TPSA) is 34.1 Å². The lowest BCUT2D eigenvalue weighted by Gasteiger charge is -2.14. The molecule has 0 N–H and O–H groups in total. The highest BCUT2D eigenvalue weighted by Gasteiger charge is 2.24. The molecule has 0 aromatic heterocycles. The molecular formula is C12H18BrClO2S. The largest absolute Gasteiger partial charge is 0.223 e. The molecule has 2 nitrogen and oxygen atoms in total. The molecule has 98 valence electrons. The second-order valence-electron chi connectivity index (χ2n) is 3.56. The molecule has 17 heavy (non-hydrogen) atoms. The third kappa shape index (κ3) is 3.70. The summed E-state index contributed by atoms with van der Waals surface area (Å²) in [6, 6.07) is 4.75. The summed E-state index contributed by atoms with van der Waals surface area (Å²) in [5, 5.41) is 0.0942. The van der Waals surface area contributed by atoms with Gasteiger partial charge in [-0.15, -0.1) is 0 Å². The van der Waals surface area contributed by atoms with Crippen LogP contribution >= 0.6 is 27.5 Å². The fourth-order valence-corrected chi connectivity index (χ4v) is 3.87. The van der Waals surface area contributed by atoms with E-state index in [4.69, 9.17) is 11.6 Å². The molecule has 5 heteroatoms. The minimum absolute atomic E-state index is 0. The second kappa shape index (κ2) is 6.76. The van der Waals surface area contributed by atoms with Crippen molar-refractivity contribution in [2.24, 2.45) is 0 Å². The van der Waals surface area contributed by atoms with Gasteiger partial charge in [0.15, 0.2) is 9.84 Å². The minimum Gasteiger partial charge on any atom is -0.223 e. The van der Waals surface area contributed by atoms with Crippen LogP contribution in [0.3, 0.4) is 0 Å². The van der Waals surface area contributed by atoms with Crippen molar-refractivity contribution in [2.75, 3.05) is 0 Å². The first-order chi connectivity index (χ1) is 7.43. The van der Waals surface area contributed by atoms with Crippen LogP contribution in [0.4, 0.5) is 0 Å². The van der Waals surface area contributed by atoms with Gasteiger partial charge in [0.2, 0.25) is 0 Å². The summed E-state index contributed by atoms with van der Waals surface area (Å²) in [6.07, 6.45) is 1.24. The van der Waals surface area contributed by atoms with Gasteiger partial charge >= 0.3 is 0 Å². The van der Waals surface area contributed by atoms with Crippen LogP contribution in [0, 0.1) is 0 Å². The smallest absolute Gasteiger partial charge is 0.181 e. The number of sulfone groups is 1. The molecule has 0 aliphatic rings. The minimum atomic E-state index is -3.25. The zero-order valence-electron chi connectivity index (χ0n) is 9.20. The third-order valence-electron chi connectivity index (χ3n) is 2.57. The van der Waals surface area contributed by atoms with Gasteiger partial charge in [0.25, 0.3) is 0 Å². The standard InChI is InChI=1S/C11H14BrClO2S.CH4/c1-3-8(4-2)16(14,15)9-5-6-10(12)11(13)7-9;/h5-8H,3-4H2,1-2H3;1H4. The van der Waals surface area contributed by atoms with Gasteiger partial charge < -0.3 is 0 Å². The molecular weight excluding hydrogens is 324 g/mol. The fraction of sp³-hybridized carbons (Fsp3) is 0.500. The SMILES string of the molecule is C.CCC(CC)S(=O)(=O)c1ccc(Br)c(Cl)c1. The summed E-state index contributed by atoms with van der Waals surface area (Å²) in [5.41, 5.74) is 0. The Morgan fingerprint density at radius 1 is 1.29 bits per heavy atom. The molecule has 0 spiro atoms. The molecule has 0 aliphatic carbocycles.